The van der Waals surface area contributed by atoms with Crippen molar-refractivity contribution in [1.82, 2.24) is 10.3 Å². The van der Waals surface area contributed by atoms with Crippen LogP contribution in [0.2, 0.25) is 5.15 Å². The van der Waals surface area contributed by atoms with Gasteiger partial charge < -0.3 is 4.42 Å². The Hall–Kier alpha value is -1.88. The maximum absolute atomic E-state index is 11.8. The smallest absolute Gasteiger partial charge is 0.234 e. The largest absolute Gasteiger partial charge is 0.462 e. The number of furan rings is 1. The van der Waals surface area contributed by atoms with Crippen LogP contribution in [0, 0.1) is 0 Å². The standard InChI is InChI=1S/C12H9ClN2O3/c13-9-3-2-8-11(14-9)7(5-18-8)6-1-4-10(16)15-12(6)17/h2-3,5-6H,1,4H2,(H,15,16,17). The molecular formula is C12H9ClN2O3. The van der Waals surface area contributed by atoms with Crippen molar-refractivity contribution in [3.63, 3.8) is 0 Å². The summed E-state index contributed by atoms with van der Waals surface area (Å²) in [5.41, 5.74) is 1.84. The third-order valence-corrected chi connectivity index (χ3v) is 3.24. The number of fused-ring (bicyclic) bond motifs is 1. The first-order valence-corrected chi connectivity index (χ1v) is 5.90. The number of rotatable bonds is 1. The van der Waals surface area contributed by atoms with Gasteiger partial charge in [-0.05, 0) is 18.6 Å². The third kappa shape index (κ3) is 1.76. The highest BCUT2D eigenvalue weighted by Crippen LogP contribution is 2.31. The lowest BCUT2D eigenvalue weighted by atomic mass is 9.92. The first kappa shape index (κ1) is 11.2. The van der Waals surface area contributed by atoms with E-state index in [1.807, 2.05) is 0 Å². The monoisotopic (exact) mass is 264 g/mol. The number of pyridine rings is 1. The molecule has 2 aromatic heterocycles. The SMILES string of the molecule is O=C1CCC(c2coc3ccc(Cl)nc23)C(=O)N1. The Kier molecular flexibility index (Phi) is 2.56. The fraction of sp³-hybridized carbons (Fsp3) is 0.250. The van der Waals surface area contributed by atoms with E-state index in [0.717, 1.165) is 0 Å². The van der Waals surface area contributed by atoms with E-state index in [4.69, 9.17) is 16.0 Å². The van der Waals surface area contributed by atoms with Gasteiger partial charge in [0.05, 0.1) is 12.2 Å². The summed E-state index contributed by atoms with van der Waals surface area (Å²) in [6.07, 6.45) is 2.30. The number of aromatic nitrogens is 1. The second kappa shape index (κ2) is 4.10. The molecule has 2 amide bonds. The highest BCUT2D eigenvalue weighted by molar-refractivity contribution is 6.29. The minimum Gasteiger partial charge on any atom is -0.462 e. The highest BCUT2D eigenvalue weighted by atomic mass is 35.5. The van der Waals surface area contributed by atoms with Crippen LogP contribution in [0.1, 0.15) is 24.3 Å². The van der Waals surface area contributed by atoms with E-state index in [2.05, 4.69) is 10.3 Å². The van der Waals surface area contributed by atoms with Gasteiger partial charge in [-0.15, -0.1) is 0 Å². The number of carbonyl (C=O) groups excluding carboxylic acids is 2. The Labute approximate surface area is 107 Å². The maximum Gasteiger partial charge on any atom is 0.234 e. The molecule has 1 aliphatic heterocycles. The van der Waals surface area contributed by atoms with Crippen molar-refractivity contribution in [2.75, 3.05) is 0 Å². The molecule has 1 aliphatic rings. The van der Waals surface area contributed by atoms with Gasteiger partial charge in [-0.25, -0.2) is 4.98 Å². The van der Waals surface area contributed by atoms with E-state index in [1.54, 1.807) is 12.1 Å². The van der Waals surface area contributed by atoms with Crippen molar-refractivity contribution >= 4 is 34.5 Å². The molecule has 0 bridgehead atoms. The summed E-state index contributed by atoms with van der Waals surface area (Å²) >= 11 is 5.84. The molecule has 0 spiro atoms. The van der Waals surface area contributed by atoms with Gasteiger partial charge >= 0.3 is 0 Å². The molecule has 1 saturated heterocycles. The summed E-state index contributed by atoms with van der Waals surface area (Å²) in [7, 11) is 0. The van der Waals surface area contributed by atoms with Crippen LogP contribution >= 0.6 is 11.6 Å². The number of hydrogen-bond donors (Lipinski definition) is 1. The van der Waals surface area contributed by atoms with E-state index < -0.39 is 5.92 Å². The molecule has 1 fully saturated rings. The number of amides is 2. The lowest BCUT2D eigenvalue weighted by molar-refractivity contribution is -0.134. The van der Waals surface area contributed by atoms with Gasteiger partial charge in [-0.1, -0.05) is 11.6 Å². The normalized spacial score (nSPS) is 20.2. The summed E-state index contributed by atoms with van der Waals surface area (Å²) in [5.74, 6) is -0.958. The predicted molar refractivity (Wildman–Crippen MR) is 64.1 cm³/mol. The topological polar surface area (TPSA) is 72.2 Å². The minimum atomic E-state index is -0.407. The molecule has 1 atom stereocenters. The van der Waals surface area contributed by atoms with Crippen molar-refractivity contribution in [3.8, 4) is 0 Å². The first-order valence-electron chi connectivity index (χ1n) is 5.52. The molecule has 2 aromatic rings. The number of nitrogens with one attached hydrogen (secondary N) is 1. The van der Waals surface area contributed by atoms with Crippen molar-refractivity contribution in [3.05, 3.63) is 29.1 Å². The van der Waals surface area contributed by atoms with Crippen LogP contribution in [0.5, 0.6) is 0 Å². The lowest BCUT2D eigenvalue weighted by Crippen LogP contribution is -2.39. The number of hydrogen-bond acceptors (Lipinski definition) is 4. The van der Waals surface area contributed by atoms with Crippen LogP contribution in [0.3, 0.4) is 0 Å². The summed E-state index contributed by atoms with van der Waals surface area (Å²) in [6.45, 7) is 0. The van der Waals surface area contributed by atoms with E-state index in [0.29, 0.717) is 34.7 Å². The zero-order valence-electron chi connectivity index (χ0n) is 9.27. The van der Waals surface area contributed by atoms with Gasteiger partial charge in [0.2, 0.25) is 11.8 Å². The van der Waals surface area contributed by atoms with Crippen LogP contribution in [0.4, 0.5) is 0 Å². The molecule has 1 unspecified atom stereocenters. The Morgan fingerprint density at radius 3 is 3.00 bits per heavy atom. The van der Waals surface area contributed by atoms with E-state index >= 15 is 0 Å². The molecule has 0 aromatic carbocycles. The molecule has 0 radical (unpaired) electrons. The quantitative estimate of drug-likeness (QED) is 0.632. The zero-order chi connectivity index (χ0) is 12.7. The highest BCUT2D eigenvalue weighted by Gasteiger charge is 2.30. The minimum absolute atomic E-state index is 0.241. The molecule has 0 aliphatic carbocycles. The van der Waals surface area contributed by atoms with Gasteiger partial charge in [0, 0.05) is 12.0 Å². The van der Waals surface area contributed by atoms with Gasteiger partial charge in [0.1, 0.15) is 10.7 Å². The first-order chi connectivity index (χ1) is 8.65. The molecule has 0 saturated carbocycles. The van der Waals surface area contributed by atoms with Gasteiger partial charge in [-0.2, -0.15) is 0 Å². The van der Waals surface area contributed by atoms with Gasteiger partial charge in [-0.3, -0.25) is 14.9 Å². The Morgan fingerprint density at radius 1 is 1.39 bits per heavy atom. The third-order valence-electron chi connectivity index (χ3n) is 3.03. The second-order valence-corrected chi connectivity index (χ2v) is 4.56. The molecule has 6 heteroatoms. The second-order valence-electron chi connectivity index (χ2n) is 4.18. The van der Waals surface area contributed by atoms with Gasteiger partial charge in [0.15, 0.2) is 5.58 Å². The predicted octanol–water partition coefficient (Wildman–Crippen LogP) is 2.00. The van der Waals surface area contributed by atoms with Crippen molar-refractivity contribution < 1.29 is 14.0 Å². The number of nitrogens with zero attached hydrogens (tertiary/aromatic N) is 1. The summed E-state index contributed by atoms with van der Waals surface area (Å²) in [6, 6.07) is 3.34. The Morgan fingerprint density at radius 2 is 2.22 bits per heavy atom. The molecule has 1 N–H and O–H groups in total. The molecule has 18 heavy (non-hydrogen) atoms. The van der Waals surface area contributed by atoms with Gasteiger partial charge in [0.25, 0.3) is 0 Å². The fourth-order valence-electron chi connectivity index (χ4n) is 2.14. The van der Waals surface area contributed by atoms with E-state index in [9.17, 15) is 9.59 Å². The van der Waals surface area contributed by atoms with Crippen molar-refractivity contribution in [2.24, 2.45) is 0 Å². The molecular weight excluding hydrogens is 256 g/mol. The van der Waals surface area contributed by atoms with Crippen LogP contribution < -0.4 is 5.32 Å². The average molecular weight is 265 g/mol. The Bertz CT molecular complexity index is 650. The van der Waals surface area contributed by atoms with Crippen molar-refractivity contribution in [1.29, 1.82) is 0 Å². The lowest BCUT2D eigenvalue weighted by Gasteiger charge is -2.19. The number of piperidine rings is 1. The zero-order valence-corrected chi connectivity index (χ0v) is 10.0. The van der Waals surface area contributed by atoms with Crippen LogP contribution in [-0.4, -0.2) is 16.8 Å². The number of halogens is 1. The molecule has 5 nitrogen and oxygen atoms in total. The molecule has 3 rings (SSSR count). The summed E-state index contributed by atoms with van der Waals surface area (Å²) in [4.78, 5) is 27.1. The Balaban J connectivity index is 2.06. The molecule has 92 valence electrons. The van der Waals surface area contributed by atoms with Crippen LogP contribution in [0.25, 0.3) is 11.1 Å². The van der Waals surface area contributed by atoms with Crippen LogP contribution in [0.15, 0.2) is 22.8 Å². The average Bonchev–Trinajstić information content (AvgIpc) is 2.72. The van der Waals surface area contributed by atoms with E-state index in [1.165, 1.54) is 6.26 Å². The molecule has 3 heterocycles. The summed E-state index contributed by atoms with van der Waals surface area (Å²) in [5, 5.41) is 2.66. The summed E-state index contributed by atoms with van der Waals surface area (Å²) < 4.78 is 5.35. The van der Waals surface area contributed by atoms with E-state index in [-0.39, 0.29) is 11.8 Å². The van der Waals surface area contributed by atoms with Crippen molar-refractivity contribution in [2.45, 2.75) is 18.8 Å². The maximum atomic E-state index is 11.8. The number of imide groups is 1. The number of carbonyl (C=O) groups is 2. The fourth-order valence-corrected chi connectivity index (χ4v) is 2.29. The van der Waals surface area contributed by atoms with Crippen LogP contribution in [-0.2, 0) is 9.59 Å².